The van der Waals surface area contributed by atoms with Crippen LogP contribution in [0.1, 0.15) is 11.3 Å². The van der Waals surface area contributed by atoms with Gasteiger partial charge in [0.25, 0.3) is 0 Å². The Morgan fingerprint density at radius 1 is 1.32 bits per heavy atom. The fourth-order valence-corrected chi connectivity index (χ4v) is 2.40. The third kappa shape index (κ3) is 2.63. The van der Waals surface area contributed by atoms with Crippen LogP contribution in [0.5, 0.6) is 0 Å². The molecule has 3 aromatic rings. The highest BCUT2D eigenvalue weighted by molar-refractivity contribution is 5.77. The number of hydrogen-bond donors (Lipinski definition) is 0. The second-order valence-corrected chi connectivity index (χ2v) is 5.22. The van der Waals surface area contributed by atoms with Gasteiger partial charge in [-0.1, -0.05) is 18.2 Å². The molecule has 6 heteroatoms. The van der Waals surface area contributed by atoms with Gasteiger partial charge < -0.3 is 9.32 Å². The Kier molecular flexibility index (Phi) is 3.50. The molecule has 0 aliphatic heterocycles. The Morgan fingerprint density at radius 2 is 2.09 bits per heavy atom. The summed E-state index contributed by atoms with van der Waals surface area (Å²) in [5.41, 5.74) is 1.56. The molecule has 0 radical (unpaired) electrons. The number of nitro groups is 1. The van der Waals surface area contributed by atoms with Crippen LogP contribution in [0.3, 0.4) is 0 Å². The first-order chi connectivity index (χ1) is 10.5. The van der Waals surface area contributed by atoms with Crippen molar-refractivity contribution in [1.82, 2.24) is 4.98 Å². The smallest absolute Gasteiger partial charge is 0.311 e. The van der Waals surface area contributed by atoms with Crippen molar-refractivity contribution in [2.45, 2.75) is 13.5 Å². The molecule has 0 atom stereocenters. The van der Waals surface area contributed by atoms with E-state index in [1.807, 2.05) is 30.3 Å². The van der Waals surface area contributed by atoms with Crippen molar-refractivity contribution < 1.29 is 9.34 Å². The monoisotopic (exact) mass is 297 g/mol. The van der Waals surface area contributed by atoms with Gasteiger partial charge in [-0.15, -0.1) is 0 Å². The third-order valence-electron chi connectivity index (χ3n) is 3.41. The molecule has 22 heavy (non-hydrogen) atoms. The fourth-order valence-electron chi connectivity index (χ4n) is 2.40. The molecule has 0 saturated heterocycles. The van der Waals surface area contributed by atoms with Crippen LogP contribution in [-0.4, -0.2) is 17.0 Å². The fraction of sp³-hybridized carbons (Fsp3) is 0.188. The minimum Gasteiger partial charge on any atom is -0.459 e. The molecule has 0 fully saturated rings. The molecule has 0 bridgehead atoms. The Hall–Kier alpha value is -2.89. The van der Waals surface area contributed by atoms with Gasteiger partial charge in [0.05, 0.1) is 11.5 Å². The molecule has 0 N–H and O–H groups in total. The van der Waals surface area contributed by atoms with Crippen LogP contribution < -0.4 is 4.90 Å². The molecule has 112 valence electrons. The number of aromatic nitrogens is 1. The van der Waals surface area contributed by atoms with E-state index in [-0.39, 0.29) is 5.69 Å². The number of anilines is 1. The first kappa shape index (κ1) is 14.1. The topological polar surface area (TPSA) is 72.4 Å². The van der Waals surface area contributed by atoms with Gasteiger partial charge in [0.2, 0.25) is 5.82 Å². The summed E-state index contributed by atoms with van der Waals surface area (Å²) in [4.78, 5) is 16.7. The molecule has 0 spiro atoms. The summed E-state index contributed by atoms with van der Waals surface area (Å²) < 4.78 is 5.74. The summed E-state index contributed by atoms with van der Waals surface area (Å²) in [5.74, 6) is 1.07. The van der Waals surface area contributed by atoms with E-state index in [2.05, 4.69) is 4.98 Å². The van der Waals surface area contributed by atoms with Gasteiger partial charge >= 0.3 is 5.69 Å². The van der Waals surface area contributed by atoms with Crippen LogP contribution in [0.4, 0.5) is 11.5 Å². The number of pyridine rings is 1. The van der Waals surface area contributed by atoms with Crippen LogP contribution in [0.15, 0.2) is 47.0 Å². The number of aryl methyl sites for hydroxylation is 1. The lowest BCUT2D eigenvalue weighted by Crippen LogP contribution is -2.18. The summed E-state index contributed by atoms with van der Waals surface area (Å²) in [6, 6.07) is 11.2. The zero-order chi connectivity index (χ0) is 15.7. The molecule has 0 aliphatic carbocycles. The van der Waals surface area contributed by atoms with E-state index in [0.29, 0.717) is 12.4 Å². The highest BCUT2D eigenvalue weighted by atomic mass is 16.6. The van der Waals surface area contributed by atoms with Crippen molar-refractivity contribution in [2.24, 2.45) is 0 Å². The summed E-state index contributed by atoms with van der Waals surface area (Å²) in [7, 11) is 1.76. The number of fused-ring (bicyclic) bond motifs is 1. The highest BCUT2D eigenvalue weighted by Gasteiger charge is 2.20. The quantitative estimate of drug-likeness (QED) is 0.542. The maximum absolute atomic E-state index is 11.2. The van der Waals surface area contributed by atoms with Crippen LogP contribution in [0.2, 0.25) is 0 Å². The number of rotatable bonds is 4. The summed E-state index contributed by atoms with van der Waals surface area (Å²) in [6.45, 7) is 2.19. The first-order valence-corrected chi connectivity index (χ1v) is 6.84. The van der Waals surface area contributed by atoms with Crippen molar-refractivity contribution in [3.05, 3.63) is 64.0 Å². The molecule has 2 heterocycles. The minimum atomic E-state index is -0.412. The van der Waals surface area contributed by atoms with Crippen molar-refractivity contribution in [3.63, 3.8) is 0 Å². The number of furan rings is 1. The Balaban J connectivity index is 1.91. The average Bonchev–Trinajstić information content (AvgIpc) is 2.89. The number of hydrogen-bond acceptors (Lipinski definition) is 5. The SMILES string of the molecule is Cc1cnc(N(C)Cc2cc3ccccc3o2)c([N+](=O)[O-])c1. The van der Waals surface area contributed by atoms with Crippen molar-refractivity contribution in [2.75, 3.05) is 11.9 Å². The van der Waals surface area contributed by atoms with Gasteiger partial charge in [-0.25, -0.2) is 4.98 Å². The third-order valence-corrected chi connectivity index (χ3v) is 3.41. The maximum atomic E-state index is 11.2. The van der Waals surface area contributed by atoms with Gasteiger partial charge in [-0.3, -0.25) is 10.1 Å². The van der Waals surface area contributed by atoms with Gasteiger partial charge in [-0.2, -0.15) is 0 Å². The summed E-state index contributed by atoms with van der Waals surface area (Å²) in [5, 5.41) is 12.2. The largest absolute Gasteiger partial charge is 0.459 e. The molecule has 0 unspecified atom stereocenters. The number of para-hydroxylation sites is 1. The van der Waals surface area contributed by atoms with E-state index in [1.54, 1.807) is 25.1 Å². The number of nitrogens with zero attached hydrogens (tertiary/aromatic N) is 3. The van der Waals surface area contributed by atoms with E-state index >= 15 is 0 Å². The highest BCUT2D eigenvalue weighted by Crippen LogP contribution is 2.27. The Labute approximate surface area is 127 Å². The van der Waals surface area contributed by atoms with Crippen LogP contribution >= 0.6 is 0 Å². The molecule has 6 nitrogen and oxygen atoms in total. The molecule has 2 aromatic heterocycles. The molecule has 1 aromatic carbocycles. The summed E-state index contributed by atoms with van der Waals surface area (Å²) >= 11 is 0. The van der Waals surface area contributed by atoms with Gasteiger partial charge in [0.1, 0.15) is 11.3 Å². The predicted octanol–water partition coefficient (Wildman–Crippen LogP) is 3.68. The molecular weight excluding hydrogens is 282 g/mol. The van der Waals surface area contributed by atoms with Crippen LogP contribution in [0, 0.1) is 17.0 Å². The standard InChI is InChI=1S/C16H15N3O3/c1-11-7-14(19(20)21)16(17-9-11)18(2)10-13-8-12-5-3-4-6-15(12)22-13/h3-9H,10H2,1-2H3. The Bertz CT molecular complexity index is 809. The van der Waals surface area contributed by atoms with E-state index < -0.39 is 4.92 Å². The number of benzene rings is 1. The van der Waals surface area contributed by atoms with E-state index in [4.69, 9.17) is 4.42 Å². The lowest BCUT2D eigenvalue weighted by atomic mass is 10.2. The van der Waals surface area contributed by atoms with E-state index in [9.17, 15) is 10.1 Å². The average molecular weight is 297 g/mol. The molecular formula is C16H15N3O3. The molecule has 0 amide bonds. The van der Waals surface area contributed by atoms with Gasteiger partial charge in [0, 0.05) is 24.7 Å². The predicted molar refractivity (Wildman–Crippen MR) is 83.9 cm³/mol. The second-order valence-electron chi connectivity index (χ2n) is 5.22. The van der Waals surface area contributed by atoms with Gasteiger partial charge in [-0.05, 0) is 24.6 Å². The molecule has 0 aliphatic rings. The lowest BCUT2D eigenvalue weighted by molar-refractivity contribution is -0.384. The van der Waals surface area contributed by atoms with Crippen molar-refractivity contribution >= 4 is 22.5 Å². The zero-order valence-electron chi connectivity index (χ0n) is 12.3. The normalized spacial score (nSPS) is 10.8. The van der Waals surface area contributed by atoms with Crippen molar-refractivity contribution in [1.29, 1.82) is 0 Å². The zero-order valence-corrected chi connectivity index (χ0v) is 12.3. The lowest BCUT2D eigenvalue weighted by Gasteiger charge is -2.16. The molecule has 0 saturated carbocycles. The van der Waals surface area contributed by atoms with Crippen LogP contribution in [0.25, 0.3) is 11.0 Å². The van der Waals surface area contributed by atoms with Crippen LogP contribution in [-0.2, 0) is 6.54 Å². The van der Waals surface area contributed by atoms with Gasteiger partial charge in [0.15, 0.2) is 0 Å². The van der Waals surface area contributed by atoms with E-state index in [1.165, 1.54) is 6.07 Å². The minimum absolute atomic E-state index is 0.00129. The van der Waals surface area contributed by atoms with E-state index in [0.717, 1.165) is 22.3 Å². The summed E-state index contributed by atoms with van der Waals surface area (Å²) in [6.07, 6.45) is 1.62. The second kappa shape index (κ2) is 5.48. The Morgan fingerprint density at radius 3 is 2.82 bits per heavy atom. The maximum Gasteiger partial charge on any atom is 0.311 e. The first-order valence-electron chi connectivity index (χ1n) is 6.84. The van der Waals surface area contributed by atoms with Crippen molar-refractivity contribution in [3.8, 4) is 0 Å². The molecule has 3 rings (SSSR count).